The molecule has 0 unspecified atom stereocenters. The molecule has 0 aliphatic rings. The van der Waals surface area contributed by atoms with Gasteiger partial charge in [-0.15, -0.1) is 10.2 Å². The van der Waals surface area contributed by atoms with Crippen LogP contribution < -0.4 is 5.32 Å². The van der Waals surface area contributed by atoms with Gasteiger partial charge < -0.3 is 9.73 Å². The number of hydrogen-bond acceptors (Lipinski definition) is 4. The third kappa shape index (κ3) is 4.67. The topological polar surface area (TPSA) is 68.0 Å². The van der Waals surface area contributed by atoms with Crippen molar-refractivity contribution >= 4 is 17.5 Å². The first-order valence-electron chi connectivity index (χ1n) is 7.98. The van der Waals surface area contributed by atoms with Crippen LogP contribution in [0.5, 0.6) is 0 Å². The first-order chi connectivity index (χ1) is 12.1. The Morgan fingerprint density at radius 3 is 2.40 bits per heavy atom. The smallest absolute Gasteiger partial charge is 0.235 e. The van der Waals surface area contributed by atoms with Gasteiger partial charge in [-0.25, -0.2) is 0 Å². The molecule has 1 atom stereocenters. The van der Waals surface area contributed by atoms with Gasteiger partial charge in [-0.1, -0.05) is 54.1 Å². The molecule has 0 fully saturated rings. The normalized spacial score (nSPS) is 11.9. The van der Waals surface area contributed by atoms with E-state index in [9.17, 15) is 4.79 Å². The molecule has 0 saturated carbocycles. The molecule has 1 heterocycles. The standard InChI is InChI=1S/C19H18ClN3O2/c1-13-22-23-19(25-13)12-21-18(24)11-17(14-5-3-2-4-6-14)15-7-9-16(20)10-8-15/h2-10,17H,11-12H2,1H3,(H,21,24)/t17-/m0/s1. The maximum absolute atomic E-state index is 12.4. The van der Waals surface area contributed by atoms with Crippen molar-refractivity contribution in [2.24, 2.45) is 0 Å². The minimum atomic E-state index is -0.0837. The lowest BCUT2D eigenvalue weighted by atomic mass is 9.88. The van der Waals surface area contributed by atoms with E-state index in [1.54, 1.807) is 6.92 Å². The molecule has 25 heavy (non-hydrogen) atoms. The number of amides is 1. The van der Waals surface area contributed by atoms with Crippen LogP contribution >= 0.6 is 11.6 Å². The van der Waals surface area contributed by atoms with E-state index in [0.717, 1.165) is 11.1 Å². The molecule has 1 aromatic heterocycles. The van der Waals surface area contributed by atoms with Crippen LogP contribution in [0.25, 0.3) is 0 Å². The van der Waals surface area contributed by atoms with E-state index in [4.69, 9.17) is 16.0 Å². The number of carbonyl (C=O) groups is 1. The van der Waals surface area contributed by atoms with Crippen molar-refractivity contribution < 1.29 is 9.21 Å². The van der Waals surface area contributed by atoms with Crippen LogP contribution in [0.1, 0.15) is 35.2 Å². The summed E-state index contributed by atoms with van der Waals surface area (Å²) in [5, 5.41) is 11.1. The minimum Gasteiger partial charge on any atom is -0.424 e. The fourth-order valence-corrected chi connectivity index (χ4v) is 2.78. The maximum atomic E-state index is 12.4. The summed E-state index contributed by atoms with van der Waals surface area (Å²) in [5.74, 6) is 0.740. The predicted molar refractivity (Wildman–Crippen MR) is 95.2 cm³/mol. The molecule has 0 spiro atoms. The lowest BCUT2D eigenvalue weighted by molar-refractivity contribution is -0.121. The monoisotopic (exact) mass is 355 g/mol. The van der Waals surface area contributed by atoms with Gasteiger partial charge in [0.25, 0.3) is 0 Å². The van der Waals surface area contributed by atoms with E-state index < -0.39 is 0 Å². The molecular weight excluding hydrogens is 338 g/mol. The molecule has 6 heteroatoms. The zero-order valence-electron chi connectivity index (χ0n) is 13.8. The van der Waals surface area contributed by atoms with E-state index >= 15 is 0 Å². The number of aromatic nitrogens is 2. The zero-order valence-corrected chi connectivity index (χ0v) is 14.5. The maximum Gasteiger partial charge on any atom is 0.235 e. The number of carbonyl (C=O) groups excluding carboxylic acids is 1. The van der Waals surface area contributed by atoms with E-state index in [0.29, 0.717) is 23.2 Å². The average molecular weight is 356 g/mol. The fraction of sp³-hybridized carbons (Fsp3) is 0.211. The Morgan fingerprint density at radius 1 is 1.08 bits per heavy atom. The van der Waals surface area contributed by atoms with Crippen LogP contribution in [0.4, 0.5) is 0 Å². The largest absolute Gasteiger partial charge is 0.424 e. The molecule has 3 aromatic rings. The number of benzene rings is 2. The van der Waals surface area contributed by atoms with Gasteiger partial charge in [0.2, 0.25) is 17.7 Å². The molecule has 0 aliphatic heterocycles. The van der Waals surface area contributed by atoms with E-state index in [1.807, 2.05) is 54.6 Å². The van der Waals surface area contributed by atoms with Gasteiger partial charge in [-0.05, 0) is 23.3 Å². The number of nitrogens with one attached hydrogen (secondary N) is 1. The zero-order chi connectivity index (χ0) is 17.6. The number of rotatable bonds is 6. The molecular formula is C19H18ClN3O2. The SMILES string of the molecule is Cc1nnc(CNC(=O)C[C@@H](c2ccccc2)c2ccc(Cl)cc2)o1. The molecule has 5 nitrogen and oxygen atoms in total. The van der Waals surface area contributed by atoms with E-state index in [1.165, 1.54) is 0 Å². The fourth-order valence-electron chi connectivity index (χ4n) is 2.65. The van der Waals surface area contributed by atoms with Crippen LogP contribution in [-0.4, -0.2) is 16.1 Å². The van der Waals surface area contributed by atoms with Crippen molar-refractivity contribution in [3.63, 3.8) is 0 Å². The van der Waals surface area contributed by atoms with Crippen LogP contribution in [0.15, 0.2) is 59.0 Å². The van der Waals surface area contributed by atoms with Crippen molar-refractivity contribution in [3.05, 3.63) is 82.5 Å². The molecule has 0 bridgehead atoms. The number of halogens is 1. The Labute approximate surface area is 151 Å². The van der Waals surface area contributed by atoms with Crippen molar-refractivity contribution in [1.29, 1.82) is 0 Å². The molecule has 1 amide bonds. The van der Waals surface area contributed by atoms with Crippen molar-refractivity contribution in [2.75, 3.05) is 0 Å². The Morgan fingerprint density at radius 2 is 1.76 bits per heavy atom. The minimum absolute atomic E-state index is 0.0529. The van der Waals surface area contributed by atoms with Gasteiger partial charge in [0.15, 0.2) is 0 Å². The highest BCUT2D eigenvalue weighted by Gasteiger charge is 2.18. The summed E-state index contributed by atoms with van der Waals surface area (Å²) < 4.78 is 5.27. The van der Waals surface area contributed by atoms with Crippen LogP contribution in [0.3, 0.4) is 0 Å². The summed E-state index contributed by atoms with van der Waals surface area (Å²) in [6, 6.07) is 17.5. The summed E-state index contributed by atoms with van der Waals surface area (Å²) in [5.41, 5.74) is 2.12. The summed E-state index contributed by atoms with van der Waals surface area (Å²) in [4.78, 5) is 12.4. The Hall–Kier alpha value is -2.66. The van der Waals surface area contributed by atoms with Gasteiger partial charge in [0.05, 0.1) is 6.54 Å². The third-order valence-corrected chi connectivity index (χ3v) is 4.12. The summed E-state index contributed by atoms with van der Waals surface area (Å²) >= 11 is 5.99. The summed E-state index contributed by atoms with van der Waals surface area (Å²) in [7, 11) is 0. The number of aryl methyl sites for hydroxylation is 1. The molecule has 0 saturated heterocycles. The first kappa shape index (κ1) is 17.2. The molecule has 3 rings (SSSR count). The van der Waals surface area contributed by atoms with Crippen LogP contribution in [0, 0.1) is 6.92 Å². The second kappa shape index (κ2) is 7.94. The highest BCUT2D eigenvalue weighted by molar-refractivity contribution is 6.30. The molecule has 0 radical (unpaired) electrons. The van der Waals surface area contributed by atoms with Gasteiger partial charge >= 0.3 is 0 Å². The Bertz CT molecular complexity index is 831. The van der Waals surface area contributed by atoms with E-state index in [-0.39, 0.29) is 18.4 Å². The molecule has 1 N–H and O–H groups in total. The van der Waals surface area contributed by atoms with Gasteiger partial charge in [-0.2, -0.15) is 0 Å². The van der Waals surface area contributed by atoms with Gasteiger partial charge in [-0.3, -0.25) is 4.79 Å². The quantitative estimate of drug-likeness (QED) is 0.728. The van der Waals surface area contributed by atoms with E-state index in [2.05, 4.69) is 15.5 Å². The number of nitrogens with zero attached hydrogens (tertiary/aromatic N) is 2. The summed E-state index contributed by atoms with van der Waals surface area (Å²) in [6.45, 7) is 1.94. The first-order valence-corrected chi connectivity index (χ1v) is 8.35. The van der Waals surface area contributed by atoms with Crippen molar-refractivity contribution in [2.45, 2.75) is 25.8 Å². The van der Waals surface area contributed by atoms with Gasteiger partial charge in [0, 0.05) is 24.3 Å². The predicted octanol–water partition coefficient (Wildman–Crippen LogP) is 3.87. The molecule has 128 valence electrons. The van der Waals surface area contributed by atoms with Gasteiger partial charge in [0.1, 0.15) is 0 Å². The second-order valence-electron chi connectivity index (χ2n) is 5.71. The third-order valence-electron chi connectivity index (χ3n) is 3.87. The molecule has 2 aromatic carbocycles. The Kier molecular flexibility index (Phi) is 5.46. The highest BCUT2D eigenvalue weighted by Crippen LogP contribution is 2.28. The van der Waals surface area contributed by atoms with Crippen LogP contribution in [-0.2, 0) is 11.3 Å². The average Bonchev–Trinajstić information content (AvgIpc) is 3.05. The number of hydrogen-bond donors (Lipinski definition) is 1. The lowest BCUT2D eigenvalue weighted by Crippen LogP contribution is -2.25. The van der Waals surface area contributed by atoms with Crippen LogP contribution in [0.2, 0.25) is 5.02 Å². The van der Waals surface area contributed by atoms with Crippen molar-refractivity contribution in [3.8, 4) is 0 Å². The second-order valence-corrected chi connectivity index (χ2v) is 6.15. The highest BCUT2D eigenvalue weighted by atomic mass is 35.5. The lowest BCUT2D eigenvalue weighted by Gasteiger charge is -2.17. The van der Waals surface area contributed by atoms with Crippen molar-refractivity contribution in [1.82, 2.24) is 15.5 Å². The molecule has 0 aliphatic carbocycles. The summed E-state index contributed by atoms with van der Waals surface area (Å²) in [6.07, 6.45) is 0.318. The Balaban J connectivity index is 1.73.